The second-order valence-corrected chi connectivity index (χ2v) is 6.35. The average Bonchev–Trinajstić information content (AvgIpc) is 2.58. The van der Waals surface area contributed by atoms with Gasteiger partial charge in [-0.2, -0.15) is 0 Å². The zero-order valence-corrected chi connectivity index (χ0v) is 14.8. The number of non-ortho nitro benzene ring substituents is 1. The molecule has 0 radical (unpaired) electrons. The predicted molar refractivity (Wildman–Crippen MR) is 95.5 cm³/mol. The first-order valence-corrected chi connectivity index (χ1v) is 7.71. The number of hydrogen-bond donors (Lipinski definition) is 1. The molecule has 1 N–H and O–H groups in total. The topological polar surface area (TPSA) is 141 Å². The Kier molecular flexibility index (Phi) is 5.54. The summed E-state index contributed by atoms with van der Waals surface area (Å²) < 4.78 is 5.18. The lowest BCUT2D eigenvalue weighted by atomic mass is 10.2. The molecular formula is C16H17N5O6. The fourth-order valence-electron chi connectivity index (χ4n) is 2.10. The molecule has 0 aliphatic rings. The number of nitrogens with one attached hydrogen (secondary N) is 1. The summed E-state index contributed by atoms with van der Waals surface area (Å²) >= 11 is 0. The molecule has 0 spiro atoms. The molecule has 1 aromatic carbocycles. The van der Waals surface area contributed by atoms with E-state index in [0.717, 1.165) is 17.1 Å². The van der Waals surface area contributed by atoms with Crippen LogP contribution in [0.2, 0.25) is 0 Å². The van der Waals surface area contributed by atoms with Crippen molar-refractivity contribution in [2.24, 2.45) is 0 Å². The van der Waals surface area contributed by atoms with Crippen LogP contribution in [0, 0.1) is 20.2 Å². The molecule has 0 saturated heterocycles. The molecule has 2 aromatic rings. The van der Waals surface area contributed by atoms with Crippen molar-refractivity contribution in [3.63, 3.8) is 0 Å². The van der Waals surface area contributed by atoms with Crippen molar-refractivity contribution in [2.45, 2.75) is 26.4 Å². The summed E-state index contributed by atoms with van der Waals surface area (Å²) in [6, 6.07) is 6.20. The van der Waals surface area contributed by atoms with Crippen LogP contribution in [-0.2, 0) is 4.74 Å². The molecule has 0 unspecified atom stereocenters. The van der Waals surface area contributed by atoms with Gasteiger partial charge in [-0.3, -0.25) is 25.2 Å². The van der Waals surface area contributed by atoms with Crippen molar-refractivity contribution in [3.05, 3.63) is 63.0 Å². The molecular weight excluding hydrogens is 358 g/mol. The van der Waals surface area contributed by atoms with E-state index in [1.807, 2.05) is 0 Å². The first-order valence-electron chi connectivity index (χ1n) is 7.71. The van der Waals surface area contributed by atoms with Crippen LogP contribution in [0.25, 0.3) is 0 Å². The molecule has 1 amide bonds. The number of pyridine rings is 1. The van der Waals surface area contributed by atoms with Gasteiger partial charge >= 0.3 is 11.8 Å². The van der Waals surface area contributed by atoms with Crippen LogP contribution in [0.1, 0.15) is 20.8 Å². The van der Waals surface area contributed by atoms with Gasteiger partial charge in [0.1, 0.15) is 11.3 Å². The standard InChI is InChI=1S/C16H17N5O6/c1-16(2,3)27-15(22)18-19(12-5-4-8-17-10-12)13-7-6-11(20(23)24)9-14(13)21(25)26/h4-10H,1-3H3,(H,18,22). The summed E-state index contributed by atoms with van der Waals surface area (Å²) in [7, 11) is 0. The van der Waals surface area contributed by atoms with E-state index in [4.69, 9.17) is 4.74 Å². The quantitative estimate of drug-likeness (QED) is 0.618. The molecule has 0 atom stereocenters. The summed E-state index contributed by atoms with van der Waals surface area (Å²) in [6.07, 6.45) is 1.99. The van der Waals surface area contributed by atoms with Gasteiger partial charge in [-0.15, -0.1) is 0 Å². The fourth-order valence-corrected chi connectivity index (χ4v) is 2.10. The van der Waals surface area contributed by atoms with Gasteiger partial charge in [0.05, 0.1) is 27.8 Å². The third-order valence-electron chi connectivity index (χ3n) is 3.11. The van der Waals surface area contributed by atoms with E-state index in [1.165, 1.54) is 18.5 Å². The minimum atomic E-state index is -0.862. The number of benzene rings is 1. The Bertz CT molecular complexity index is 865. The second-order valence-electron chi connectivity index (χ2n) is 6.35. The maximum Gasteiger partial charge on any atom is 0.426 e. The first kappa shape index (κ1) is 19.6. The number of aromatic nitrogens is 1. The molecule has 1 heterocycles. The number of hydrogen-bond acceptors (Lipinski definition) is 8. The lowest BCUT2D eigenvalue weighted by molar-refractivity contribution is -0.393. The van der Waals surface area contributed by atoms with Gasteiger partial charge in [-0.1, -0.05) is 0 Å². The molecule has 0 aliphatic heterocycles. The van der Waals surface area contributed by atoms with Crippen LogP contribution < -0.4 is 10.4 Å². The van der Waals surface area contributed by atoms with E-state index < -0.39 is 32.9 Å². The molecule has 0 fully saturated rings. The number of amides is 1. The van der Waals surface area contributed by atoms with Crippen molar-refractivity contribution < 1.29 is 19.4 Å². The summed E-state index contributed by atoms with van der Waals surface area (Å²) in [5.41, 5.74) is 0.792. The van der Waals surface area contributed by atoms with Gasteiger partial charge < -0.3 is 4.74 Å². The largest absolute Gasteiger partial charge is 0.443 e. The maximum absolute atomic E-state index is 12.2. The lowest BCUT2D eigenvalue weighted by Gasteiger charge is -2.27. The van der Waals surface area contributed by atoms with Crippen LogP contribution in [-0.4, -0.2) is 26.5 Å². The lowest BCUT2D eigenvalue weighted by Crippen LogP contribution is -2.42. The molecule has 142 valence electrons. The number of carbonyl (C=O) groups excluding carboxylic acids is 1. The van der Waals surface area contributed by atoms with Crippen LogP contribution in [0.3, 0.4) is 0 Å². The molecule has 2 rings (SSSR count). The van der Waals surface area contributed by atoms with Gasteiger partial charge in [-0.05, 0) is 39.0 Å². The normalized spacial score (nSPS) is 10.8. The molecule has 0 aliphatic carbocycles. The Balaban J connectivity index is 2.52. The van der Waals surface area contributed by atoms with E-state index in [9.17, 15) is 25.0 Å². The molecule has 11 heteroatoms. The summed E-state index contributed by atoms with van der Waals surface area (Å²) in [6.45, 7) is 4.99. The van der Waals surface area contributed by atoms with Crippen LogP contribution in [0.4, 0.5) is 27.5 Å². The number of anilines is 2. The Labute approximate surface area is 153 Å². The first-order chi connectivity index (χ1) is 12.6. The number of rotatable bonds is 5. The third-order valence-corrected chi connectivity index (χ3v) is 3.11. The van der Waals surface area contributed by atoms with Crippen molar-refractivity contribution in [2.75, 3.05) is 5.01 Å². The number of nitrogens with zero attached hydrogens (tertiary/aromatic N) is 4. The Hall–Kier alpha value is -3.76. The minimum Gasteiger partial charge on any atom is -0.443 e. The highest BCUT2D eigenvalue weighted by atomic mass is 16.6. The zero-order chi connectivity index (χ0) is 20.2. The third kappa shape index (κ3) is 5.11. The van der Waals surface area contributed by atoms with Crippen molar-refractivity contribution in [1.29, 1.82) is 0 Å². The molecule has 1 aromatic heterocycles. The van der Waals surface area contributed by atoms with Crippen molar-refractivity contribution in [1.82, 2.24) is 10.4 Å². The van der Waals surface area contributed by atoms with Crippen LogP contribution >= 0.6 is 0 Å². The van der Waals surface area contributed by atoms with Crippen LogP contribution in [0.15, 0.2) is 42.7 Å². The zero-order valence-electron chi connectivity index (χ0n) is 14.8. The number of nitro benzene ring substituents is 2. The fraction of sp³-hybridized carbons (Fsp3) is 0.250. The summed E-state index contributed by atoms with van der Waals surface area (Å²) in [5, 5.41) is 23.5. The Morgan fingerprint density at radius 1 is 1.19 bits per heavy atom. The van der Waals surface area contributed by atoms with Gasteiger partial charge in [0.25, 0.3) is 5.69 Å². The smallest absolute Gasteiger partial charge is 0.426 e. The van der Waals surface area contributed by atoms with Gasteiger partial charge in [-0.25, -0.2) is 15.2 Å². The summed E-state index contributed by atoms with van der Waals surface area (Å²) in [4.78, 5) is 37.0. The highest BCUT2D eigenvalue weighted by molar-refractivity contribution is 5.79. The molecule has 0 saturated carbocycles. The molecule has 27 heavy (non-hydrogen) atoms. The van der Waals surface area contributed by atoms with Crippen LogP contribution in [0.5, 0.6) is 0 Å². The van der Waals surface area contributed by atoms with Crippen molar-refractivity contribution in [3.8, 4) is 0 Å². The van der Waals surface area contributed by atoms with E-state index in [0.29, 0.717) is 5.69 Å². The summed E-state index contributed by atoms with van der Waals surface area (Å²) in [5.74, 6) is 0. The van der Waals surface area contributed by atoms with Gasteiger partial charge in [0.15, 0.2) is 0 Å². The van der Waals surface area contributed by atoms with Crippen molar-refractivity contribution >= 4 is 28.8 Å². The van der Waals surface area contributed by atoms with E-state index in [-0.39, 0.29) is 5.69 Å². The second kappa shape index (κ2) is 7.64. The SMILES string of the molecule is CC(C)(C)OC(=O)NN(c1cccnc1)c1ccc([N+](=O)[O-])cc1[N+](=O)[O-]. The minimum absolute atomic E-state index is 0.0931. The monoisotopic (exact) mass is 375 g/mol. The Morgan fingerprint density at radius 3 is 2.41 bits per heavy atom. The Morgan fingerprint density at radius 2 is 1.89 bits per heavy atom. The highest BCUT2D eigenvalue weighted by Gasteiger charge is 2.27. The van der Waals surface area contributed by atoms with E-state index in [1.54, 1.807) is 32.9 Å². The average molecular weight is 375 g/mol. The number of hydrazine groups is 1. The molecule has 11 nitrogen and oxygen atoms in total. The number of carbonyl (C=O) groups is 1. The number of ether oxygens (including phenoxy) is 1. The van der Waals surface area contributed by atoms with E-state index >= 15 is 0 Å². The highest BCUT2D eigenvalue weighted by Crippen LogP contribution is 2.35. The maximum atomic E-state index is 12.2. The van der Waals surface area contributed by atoms with Gasteiger partial charge in [0, 0.05) is 12.3 Å². The van der Waals surface area contributed by atoms with Gasteiger partial charge in [0.2, 0.25) is 0 Å². The number of nitro groups is 2. The molecule has 0 bridgehead atoms. The van der Waals surface area contributed by atoms with E-state index in [2.05, 4.69) is 10.4 Å². The predicted octanol–water partition coefficient (Wildman–Crippen LogP) is 3.48.